The van der Waals surface area contributed by atoms with Crippen LogP contribution in [0.15, 0.2) is 60.9 Å². The van der Waals surface area contributed by atoms with Crippen LogP contribution in [0, 0.1) is 11.6 Å². The number of carbonyl (C=O) groups excluding carboxylic acids is 1. The third kappa shape index (κ3) is 3.19. The second kappa shape index (κ2) is 6.68. The lowest BCUT2D eigenvalue weighted by atomic mass is 10.2. The van der Waals surface area contributed by atoms with Gasteiger partial charge in [-0.1, -0.05) is 24.3 Å². The highest BCUT2D eigenvalue weighted by Crippen LogP contribution is 2.22. The summed E-state index contributed by atoms with van der Waals surface area (Å²) < 4.78 is 30.8. The molecule has 5 nitrogen and oxygen atoms in total. The lowest BCUT2D eigenvalue weighted by molar-refractivity contribution is 0.101. The first-order valence-corrected chi connectivity index (χ1v) is 8.34. The van der Waals surface area contributed by atoms with Crippen LogP contribution in [0.25, 0.3) is 10.9 Å². The van der Waals surface area contributed by atoms with E-state index in [-0.39, 0.29) is 24.1 Å². The van der Waals surface area contributed by atoms with Gasteiger partial charge in [0.2, 0.25) is 0 Å². The van der Waals surface area contributed by atoms with Gasteiger partial charge in [0.25, 0.3) is 5.91 Å². The highest BCUT2D eigenvalue weighted by atomic mass is 19.1. The Morgan fingerprint density at radius 3 is 2.67 bits per heavy atom. The number of rotatable bonds is 4. The number of aryl methyl sites for hydroxylation is 1. The zero-order valence-corrected chi connectivity index (χ0v) is 14.5. The molecule has 0 aliphatic carbocycles. The normalized spacial score (nSPS) is 11.1. The summed E-state index contributed by atoms with van der Waals surface area (Å²) in [6.45, 7) is 0.252. The first kappa shape index (κ1) is 17.0. The summed E-state index contributed by atoms with van der Waals surface area (Å²) in [4.78, 5) is 12.6. The van der Waals surface area contributed by atoms with Gasteiger partial charge >= 0.3 is 0 Å². The molecule has 0 unspecified atom stereocenters. The lowest BCUT2D eigenvalue weighted by Crippen LogP contribution is -2.15. The number of nitrogens with one attached hydrogen (secondary N) is 1. The van der Waals surface area contributed by atoms with E-state index in [9.17, 15) is 13.6 Å². The lowest BCUT2D eigenvalue weighted by Gasteiger charge is -2.05. The van der Waals surface area contributed by atoms with Crippen LogP contribution >= 0.6 is 0 Å². The number of nitrogens with zero attached hydrogens (tertiary/aromatic N) is 3. The van der Waals surface area contributed by atoms with Crippen molar-refractivity contribution < 1.29 is 13.6 Å². The van der Waals surface area contributed by atoms with Gasteiger partial charge in [0.15, 0.2) is 0 Å². The average molecular weight is 366 g/mol. The van der Waals surface area contributed by atoms with Gasteiger partial charge in [0.1, 0.15) is 17.3 Å². The highest BCUT2D eigenvalue weighted by molar-refractivity contribution is 6.06. The standard InChI is InChI=1S/C20H16F2N4O/c1-25-18-8-4-7-17(22)15(18)9-19(25)20(27)24-14-10-23-26(12-14)11-13-5-2-3-6-16(13)21/h2-10,12H,11H2,1H3,(H,24,27). The molecule has 0 saturated heterocycles. The van der Waals surface area contributed by atoms with E-state index in [2.05, 4.69) is 10.4 Å². The zero-order valence-electron chi connectivity index (χ0n) is 14.5. The summed E-state index contributed by atoms with van der Waals surface area (Å²) in [6.07, 6.45) is 3.11. The van der Waals surface area contributed by atoms with Crippen molar-refractivity contribution in [1.82, 2.24) is 14.3 Å². The molecular weight excluding hydrogens is 350 g/mol. The highest BCUT2D eigenvalue weighted by Gasteiger charge is 2.16. The summed E-state index contributed by atoms with van der Waals surface area (Å²) in [5.74, 6) is -1.06. The topological polar surface area (TPSA) is 51.9 Å². The van der Waals surface area contributed by atoms with Crippen molar-refractivity contribution in [2.75, 3.05) is 5.32 Å². The number of halogens is 2. The van der Waals surface area contributed by atoms with Crippen molar-refractivity contribution in [3.05, 3.63) is 83.8 Å². The first-order chi connectivity index (χ1) is 13.0. The molecule has 1 amide bonds. The predicted octanol–water partition coefficient (Wildman–Crippen LogP) is 3.95. The Kier molecular flexibility index (Phi) is 4.19. The molecule has 0 radical (unpaired) electrons. The number of benzene rings is 2. The molecule has 0 bridgehead atoms. The maximum atomic E-state index is 13.9. The second-order valence-corrected chi connectivity index (χ2v) is 6.23. The fraction of sp³-hybridized carbons (Fsp3) is 0.100. The van der Waals surface area contributed by atoms with Crippen molar-refractivity contribution in [3.63, 3.8) is 0 Å². The summed E-state index contributed by atoms with van der Waals surface area (Å²) in [5, 5.41) is 7.28. The van der Waals surface area contributed by atoms with Gasteiger partial charge in [-0.3, -0.25) is 9.48 Å². The van der Waals surface area contributed by atoms with Gasteiger partial charge in [0.05, 0.1) is 23.9 Å². The third-order valence-corrected chi connectivity index (χ3v) is 4.45. The molecule has 2 heterocycles. The van der Waals surface area contributed by atoms with Crippen LogP contribution in [0.1, 0.15) is 16.1 Å². The number of aromatic nitrogens is 3. The number of hydrogen-bond donors (Lipinski definition) is 1. The Morgan fingerprint density at radius 1 is 1.11 bits per heavy atom. The third-order valence-electron chi connectivity index (χ3n) is 4.45. The molecule has 27 heavy (non-hydrogen) atoms. The second-order valence-electron chi connectivity index (χ2n) is 6.23. The summed E-state index contributed by atoms with van der Waals surface area (Å²) in [5.41, 5.74) is 1.94. The Balaban J connectivity index is 1.54. The quantitative estimate of drug-likeness (QED) is 0.595. The van der Waals surface area contributed by atoms with Crippen LogP contribution in [0.2, 0.25) is 0 Å². The van der Waals surface area contributed by atoms with E-state index < -0.39 is 0 Å². The Morgan fingerprint density at radius 2 is 1.89 bits per heavy atom. The molecule has 2 aromatic carbocycles. The molecule has 7 heteroatoms. The Labute approximate surface area is 153 Å². The summed E-state index contributed by atoms with van der Waals surface area (Å²) in [6, 6.07) is 12.7. The molecule has 4 aromatic rings. The minimum absolute atomic E-state index is 0.252. The maximum Gasteiger partial charge on any atom is 0.272 e. The van der Waals surface area contributed by atoms with E-state index in [1.165, 1.54) is 29.1 Å². The van der Waals surface area contributed by atoms with Crippen molar-refractivity contribution in [2.24, 2.45) is 7.05 Å². The van der Waals surface area contributed by atoms with Crippen LogP contribution in [0.4, 0.5) is 14.5 Å². The molecular formula is C20H16F2N4O. The largest absolute Gasteiger partial charge is 0.340 e. The van der Waals surface area contributed by atoms with Crippen LogP contribution in [0.5, 0.6) is 0 Å². The molecule has 0 aliphatic rings. The van der Waals surface area contributed by atoms with Crippen molar-refractivity contribution >= 4 is 22.5 Å². The summed E-state index contributed by atoms with van der Waals surface area (Å²) in [7, 11) is 1.71. The van der Waals surface area contributed by atoms with Gasteiger partial charge in [-0.25, -0.2) is 8.78 Å². The molecule has 0 atom stereocenters. The molecule has 1 N–H and O–H groups in total. The van der Waals surface area contributed by atoms with E-state index in [1.807, 2.05) is 0 Å². The van der Waals surface area contributed by atoms with E-state index >= 15 is 0 Å². The van der Waals surface area contributed by atoms with Gasteiger partial charge in [-0.2, -0.15) is 5.10 Å². The maximum absolute atomic E-state index is 13.9. The number of fused-ring (bicyclic) bond motifs is 1. The van der Waals surface area contributed by atoms with E-state index in [4.69, 9.17) is 0 Å². The average Bonchev–Trinajstić information content (AvgIpc) is 3.22. The number of anilines is 1. The first-order valence-electron chi connectivity index (χ1n) is 8.34. The molecule has 0 aliphatic heterocycles. The molecule has 4 rings (SSSR count). The molecule has 0 saturated carbocycles. The zero-order chi connectivity index (χ0) is 19.0. The van der Waals surface area contributed by atoms with Crippen molar-refractivity contribution in [1.29, 1.82) is 0 Å². The number of amides is 1. The smallest absolute Gasteiger partial charge is 0.272 e. The van der Waals surface area contributed by atoms with Crippen molar-refractivity contribution in [2.45, 2.75) is 6.54 Å². The van der Waals surface area contributed by atoms with Gasteiger partial charge < -0.3 is 9.88 Å². The van der Waals surface area contributed by atoms with Gasteiger partial charge in [-0.15, -0.1) is 0 Å². The molecule has 2 aromatic heterocycles. The van der Waals surface area contributed by atoms with Gasteiger partial charge in [0, 0.05) is 24.2 Å². The van der Waals surface area contributed by atoms with Crippen LogP contribution in [-0.2, 0) is 13.6 Å². The Hall–Kier alpha value is -3.48. The molecule has 0 fully saturated rings. The van der Waals surface area contributed by atoms with Crippen LogP contribution in [-0.4, -0.2) is 20.3 Å². The molecule has 136 valence electrons. The molecule has 0 spiro atoms. The summed E-state index contributed by atoms with van der Waals surface area (Å²) >= 11 is 0. The van der Waals surface area contributed by atoms with Crippen LogP contribution < -0.4 is 5.32 Å². The van der Waals surface area contributed by atoms with E-state index in [0.29, 0.717) is 27.8 Å². The number of hydrogen-bond acceptors (Lipinski definition) is 2. The fourth-order valence-corrected chi connectivity index (χ4v) is 3.05. The number of carbonyl (C=O) groups is 1. The SMILES string of the molecule is Cn1c(C(=O)Nc2cnn(Cc3ccccc3F)c2)cc2c(F)cccc21. The van der Waals surface area contributed by atoms with E-state index in [1.54, 1.807) is 48.1 Å². The van der Waals surface area contributed by atoms with Crippen LogP contribution in [0.3, 0.4) is 0 Å². The Bertz CT molecular complexity index is 1150. The minimum atomic E-state index is -0.376. The monoisotopic (exact) mass is 366 g/mol. The minimum Gasteiger partial charge on any atom is -0.340 e. The van der Waals surface area contributed by atoms with E-state index in [0.717, 1.165) is 0 Å². The van der Waals surface area contributed by atoms with Crippen molar-refractivity contribution in [3.8, 4) is 0 Å². The van der Waals surface area contributed by atoms with Gasteiger partial charge in [-0.05, 0) is 24.3 Å². The fourth-order valence-electron chi connectivity index (χ4n) is 3.05. The predicted molar refractivity (Wildman–Crippen MR) is 98.6 cm³/mol.